The predicted molar refractivity (Wildman–Crippen MR) is 128 cm³/mol. The molecule has 0 unspecified atom stereocenters. The van der Waals surface area contributed by atoms with E-state index in [2.05, 4.69) is 90.3 Å². The fourth-order valence-corrected chi connectivity index (χ4v) is 3.77. The minimum absolute atomic E-state index is 0. The summed E-state index contributed by atoms with van der Waals surface area (Å²) in [5, 5.41) is 0. The molecule has 0 spiro atoms. The molecule has 0 aromatic heterocycles. The van der Waals surface area contributed by atoms with Crippen LogP contribution in [0.1, 0.15) is 45.2 Å². The summed E-state index contributed by atoms with van der Waals surface area (Å²) >= 11 is 0. The van der Waals surface area contributed by atoms with Crippen LogP contribution in [0.3, 0.4) is 0 Å². The molecule has 174 valence electrons. The molecule has 0 amide bonds. The lowest BCUT2D eigenvalue weighted by Crippen LogP contribution is -3.00. The molecule has 5 heteroatoms. The van der Waals surface area contributed by atoms with Crippen LogP contribution in [0.2, 0.25) is 0 Å². The smallest absolute Gasteiger partial charge is 0.137 e. The van der Waals surface area contributed by atoms with E-state index in [1.165, 1.54) is 16.9 Å². The zero-order chi connectivity index (χ0) is 21.5. The van der Waals surface area contributed by atoms with Gasteiger partial charge in [0.05, 0.1) is 40.3 Å². The van der Waals surface area contributed by atoms with Gasteiger partial charge >= 0.3 is 0 Å². The number of benzene rings is 2. The Morgan fingerprint density at radius 2 is 1.00 bits per heavy atom. The zero-order valence-corrected chi connectivity index (χ0v) is 24.4. The van der Waals surface area contributed by atoms with E-state index in [0.29, 0.717) is 18.6 Å². The largest absolute Gasteiger partial charge is 1.00 e. The van der Waals surface area contributed by atoms with E-state index in [1.807, 2.05) is 0 Å². The second-order valence-corrected chi connectivity index (χ2v) is 8.61. The van der Waals surface area contributed by atoms with Crippen molar-refractivity contribution in [3.8, 4) is 0 Å². The van der Waals surface area contributed by atoms with Crippen molar-refractivity contribution >= 4 is 17.2 Å². The Morgan fingerprint density at radius 3 is 1.35 bits per heavy atom. The van der Waals surface area contributed by atoms with Crippen LogP contribution in [0, 0.1) is 0 Å². The Bertz CT molecular complexity index is 780. The maximum Gasteiger partial charge on any atom is 0.137 e. The molecular weight excluding hydrogens is 610 g/mol. The van der Waals surface area contributed by atoms with Crippen LogP contribution >= 0.6 is 0 Å². The van der Waals surface area contributed by atoms with Gasteiger partial charge in [0, 0.05) is 12.8 Å². The van der Waals surface area contributed by atoms with Gasteiger partial charge < -0.3 is 48.0 Å². The molecule has 0 saturated heterocycles. The van der Waals surface area contributed by atoms with E-state index in [4.69, 9.17) is 0 Å². The molecule has 0 atom stereocenters. The molecule has 0 fully saturated rings. The van der Waals surface area contributed by atoms with Gasteiger partial charge in [-0.3, -0.25) is 13.8 Å². The van der Waals surface area contributed by atoms with E-state index < -0.39 is 0 Å². The normalized spacial score (nSPS) is 11.4. The quantitative estimate of drug-likeness (QED) is 0.235. The maximum absolute atomic E-state index is 12.5. The van der Waals surface area contributed by atoms with Crippen LogP contribution in [-0.4, -0.2) is 46.1 Å². The molecule has 0 aliphatic carbocycles. The molecular formula is C26H40I2N2O. The molecule has 0 N–H and O–H groups in total. The van der Waals surface area contributed by atoms with Crippen LogP contribution in [0.25, 0.3) is 0 Å². The summed E-state index contributed by atoms with van der Waals surface area (Å²) in [5.74, 6) is 0.313. The molecule has 0 heterocycles. The molecule has 2 rings (SSSR count). The molecule has 0 radical (unpaired) electrons. The van der Waals surface area contributed by atoms with Gasteiger partial charge in [-0.25, -0.2) is 0 Å². The van der Waals surface area contributed by atoms with Crippen molar-refractivity contribution in [2.75, 3.05) is 40.3 Å². The lowest BCUT2D eigenvalue weighted by atomic mass is 10.0. The Labute approximate surface area is 224 Å². The van der Waals surface area contributed by atoms with Gasteiger partial charge in [0.15, 0.2) is 0 Å². The monoisotopic (exact) mass is 650 g/mol. The highest BCUT2D eigenvalue weighted by molar-refractivity contribution is 5.81. The number of rotatable bonds is 11. The first kappa shape index (κ1) is 30.5. The van der Waals surface area contributed by atoms with Crippen molar-refractivity contribution in [2.24, 2.45) is 0 Å². The van der Waals surface area contributed by atoms with Gasteiger partial charge in [-0.15, -0.1) is 0 Å². The highest BCUT2D eigenvalue weighted by atomic mass is 127. The number of aryl methyl sites for hydroxylation is 1. The molecule has 0 saturated carbocycles. The Balaban J connectivity index is 0.00000450. The number of hydrogen-bond acceptors (Lipinski definition) is 1. The lowest BCUT2D eigenvalue weighted by Gasteiger charge is -2.31. The summed E-state index contributed by atoms with van der Waals surface area (Å²) in [6.45, 7) is 13.2. The van der Waals surface area contributed by atoms with E-state index in [0.717, 1.165) is 47.1 Å². The molecule has 0 bridgehead atoms. The first-order valence-electron chi connectivity index (χ1n) is 11.2. The fourth-order valence-electron chi connectivity index (χ4n) is 3.77. The molecule has 2 aromatic rings. The summed E-state index contributed by atoms with van der Waals surface area (Å²) in [6.07, 6.45) is 1.95. The van der Waals surface area contributed by atoms with Crippen LogP contribution in [-0.2, 0) is 17.6 Å². The predicted octanol–water partition coefficient (Wildman–Crippen LogP) is -0.607. The van der Waals surface area contributed by atoms with Crippen LogP contribution in [0.15, 0.2) is 48.5 Å². The second kappa shape index (κ2) is 13.9. The third kappa shape index (κ3) is 8.09. The summed E-state index contributed by atoms with van der Waals surface area (Å²) in [5.41, 5.74) is 5.02. The number of Topliss-reactive ketones (excluding diaryl/α,β-unsaturated/α-hetero) is 1. The lowest BCUT2D eigenvalue weighted by molar-refractivity contribution is -0.118. The van der Waals surface area contributed by atoms with Crippen molar-refractivity contribution in [3.63, 3.8) is 0 Å². The van der Waals surface area contributed by atoms with Gasteiger partial charge in [-0.05, 0) is 69.5 Å². The molecule has 0 aliphatic rings. The van der Waals surface area contributed by atoms with E-state index >= 15 is 0 Å². The Morgan fingerprint density at radius 1 is 0.645 bits per heavy atom. The van der Waals surface area contributed by atoms with Gasteiger partial charge in [0.25, 0.3) is 0 Å². The van der Waals surface area contributed by atoms with Crippen LogP contribution in [0.4, 0.5) is 11.4 Å². The molecule has 2 aromatic carbocycles. The van der Waals surface area contributed by atoms with Gasteiger partial charge in [-0.1, -0.05) is 24.3 Å². The maximum atomic E-state index is 12.5. The van der Waals surface area contributed by atoms with Gasteiger partial charge in [0.2, 0.25) is 0 Å². The van der Waals surface area contributed by atoms with Crippen molar-refractivity contribution in [2.45, 2.75) is 47.0 Å². The van der Waals surface area contributed by atoms with Crippen LogP contribution < -0.4 is 56.9 Å². The summed E-state index contributed by atoms with van der Waals surface area (Å²) in [7, 11) is 4.53. The Kier molecular flexibility index (Phi) is 13.7. The standard InChI is InChI=1S/C26H40N2O.2HI/c1-7-27(5,8-2)24-16-11-22(12-17-24)15-20-26(29)21-23-13-18-25(19-14-23)28(6,9-3)10-4;;/h11-14,16-19H,7-10,15,20-21H2,1-6H3;2*1H/q+2;;/p-2. The highest BCUT2D eigenvalue weighted by Crippen LogP contribution is 2.23. The van der Waals surface area contributed by atoms with Crippen molar-refractivity contribution in [3.05, 3.63) is 59.7 Å². The number of carbonyl (C=O) groups is 1. The number of halogens is 2. The van der Waals surface area contributed by atoms with Gasteiger partial charge in [-0.2, -0.15) is 0 Å². The van der Waals surface area contributed by atoms with Crippen molar-refractivity contribution in [1.29, 1.82) is 0 Å². The molecule has 0 aliphatic heterocycles. The van der Waals surface area contributed by atoms with Gasteiger partial charge in [0.1, 0.15) is 17.2 Å². The average Bonchev–Trinajstić information content (AvgIpc) is 2.77. The third-order valence-electron chi connectivity index (χ3n) is 7.00. The second-order valence-electron chi connectivity index (χ2n) is 8.61. The Hall–Kier alpha value is -0.510. The minimum atomic E-state index is 0. The minimum Gasteiger partial charge on any atom is -1.00 e. The average molecular weight is 650 g/mol. The number of quaternary nitrogens is 2. The van der Waals surface area contributed by atoms with Crippen molar-refractivity contribution < 1.29 is 52.7 Å². The number of carbonyl (C=O) groups excluding carboxylic acids is 1. The van der Waals surface area contributed by atoms with Crippen LogP contribution in [0.5, 0.6) is 0 Å². The topological polar surface area (TPSA) is 17.1 Å². The van der Waals surface area contributed by atoms with E-state index in [-0.39, 0.29) is 48.0 Å². The summed E-state index contributed by atoms with van der Waals surface area (Å²) < 4.78 is 1.88. The SMILES string of the molecule is CC[N+](C)(CC)c1ccc(CCC(=O)Cc2ccc([N+](C)(CC)CC)cc2)cc1.[I-].[I-]. The number of ketones is 1. The van der Waals surface area contributed by atoms with E-state index in [9.17, 15) is 4.79 Å². The van der Waals surface area contributed by atoms with E-state index in [1.54, 1.807) is 0 Å². The third-order valence-corrected chi connectivity index (χ3v) is 7.00. The number of hydrogen-bond donors (Lipinski definition) is 0. The zero-order valence-electron chi connectivity index (χ0n) is 20.1. The highest BCUT2D eigenvalue weighted by Gasteiger charge is 2.21. The molecule has 3 nitrogen and oxygen atoms in total. The van der Waals surface area contributed by atoms with Crippen molar-refractivity contribution in [1.82, 2.24) is 8.97 Å². The summed E-state index contributed by atoms with van der Waals surface area (Å²) in [4.78, 5) is 12.5. The fraction of sp³-hybridized carbons (Fsp3) is 0.500. The summed E-state index contributed by atoms with van der Waals surface area (Å²) in [6, 6.07) is 17.4. The first-order chi connectivity index (χ1) is 13.8. The number of nitrogens with zero attached hydrogens (tertiary/aromatic N) is 2. The molecule has 31 heavy (non-hydrogen) atoms. The first-order valence-corrected chi connectivity index (χ1v) is 11.2.